The lowest BCUT2D eigenvalue weighted by molar-refractivity contribution is -0.118. The van der Waals surface area contributed by atoms with E-state index in [0.717, 1.165) is 33.9 Å². The number of hydrazone groups is 1. The van der Waals surface area contributed by atoms with Crippen LogP contribution < -0.4 is 14.9 Å². The van der Waals surface area contributed by atoms with Gasteiger partial charge in [-0.15, -0.1) is 10.2 Å². The molecule has 0 saturated carbocycles. The van der Waals surface area contributed by atoms with Crippen molar-refractivity contribution >= 4 is 23.9 Å². The smallest absolute Gasteiger partial charge is 0.250 e. The topological polar surface area (TPSA) is 90.6 Å². The zero-order valence-corrected chi connectivity index (χ0v) is 20.5. The quantitative estimate of drug-likeness (QED) is 0.212. The minimum absolute atomic E-state index is 0.127. The Kier molecular flexibility index (Phi) is 7.79. The van der Waals surface area contributed by atoms with E-state index >= 15 is 0 Å². The normalized spacial score (nSPS) is 10.9. The van der Waals surface area contributed by atoms with Crippen molar-refractivity contribution in [1.29, 1.82) is 0 Å². The molecule has 0 saturated heterocycles. The number of benzene rings is 3. The Bertz CT molecular complexity index is 1320. The van der Waals surface area contributed by atoms with Gasteiger partial charge >= 0.3 is 0 Å². The summed E-state index contributed by atoms with van der Waals surface area (Å²) in [7, 11) is 3.23. The standard InChI is InChI=1S/C26H25N5O3S/c1-18-7-11-21(12-8-18)31-25(20-9-13-22(33-2)14-10-20)29-30-26(31)35-17-24(32)28-27-16-19-5-4-6-23(15-19)34-3/h4-16H,17H2,1-3H3,(H,28,32)/b27-16-. The molecule has 0 spiro atoms. The predicted octanol–water partition coefficient (Wildman–Crippen LogP) is 4.50. The molecule has 1 amide bonds. The van der Waals surface area contributed by atoms with E-state index < -0.39 is 0 Å². The van der Waals surface area contributed by atoms with Crippen molar-refractivity contribution in [3.8, 4) is 28.6 Å². The summed E-state index contributed by atoms with van der Waals surface area (Å²) in [6.45, 7) is 2.03. The molecule has 4 aromatic rings. The van der Waals surface area contributed by atoms with E-state index in [1.807, 2.05) is 84.3 Å². The van der Waals surface area contributed by atoms with Crippen molar-refractivity contribution < 1.29 is 14.3 Å². The highest BCUT2D eigenvalue weighted by Gasteiger charge is 2.17. The Labute approximate surface area is 208 Å². The Hall–Kier alpha value is -4.11. The zero-order chi connectivity index (χ0) is 24.6. The van der Waals surface area contributed by atoms with Crippen molar-refractivity contribution in [3.63, 3.8) is 0 Å². The van der Waals surface area contributed by atoms with Gasteiger partial charge in [-0.3, -0.25) is 9.36 Å². The van der Waals surface area contributed by atoms with E-state index in [4.69, 9.17) is 9.47 Å². The lowest BCUT2D eigenvalue weighted by atomic mass is 10.2. The number of thioether (sulfide) groups is 1. The first-order valence-electron chi connectivity index (χ1n) is 10.8. The Balaban J connectivity index is 1.50. The molecule has 0 bridgehead atoms. The summed E-state index contributed by atoms with van der Waals surface area (Å²) in [5, 5.41) is 13.4. The SMILES string of the molecule is COc1ccc(-c2nnc(SCC(=O)N/N=C\c3cccc(OC)c3)n2-c2ccc(C)cc2)cc1. The number of rotatable bonds is 9. The van der Waals surface area contributed by atoms with Crippen LogP contribution in [-0.4, -0.2) is 46.9 Å². The minimum atomic E-state index is -0.251. The number of hydrogen-bond donors (Lipinski definition) is 1. The van der Waals surface area contributed by atoms with Crippen LogP contribution in [0.2, 0.25) is 0 Å². The highest BCUT2D eigenvalue weighted by Crippen LogP contribution is 2.29. The van der Waals surface area contributed by atoms with Crippen LogP contribution in [-0.2, 0) is 4.79 Å². The van der Waals surface area contributed by atoms with Gasteiger partial charge in [-0.25, -0.2) is 5.43 Å². The molecule has 4 rings (SSSR count). The molecule has 0 radical (unpaired) electrons. The number of hydrogen-bond acceptors (Lipinski definition) is 7. The van der Waals surface area contributed by atoms with Gasteiger partial charge in [0.15, 0.2) is 11.0 Å². The van der Waals surface area contributed by atoms with E-state index in [2.05, 4.69) is 20.7 Å². The molecule has 1 aromatic heterocycles. The second kappa shape index (κ2) is 11.3. The number of nitrogens with zero attached hydrogens (tertiary/aromatic N) is 4. The van der Waals surface area contributed by atoms with Gasteiger partial charge in [0.25, 0.3) is 5.91 Å². The van der Waals surface area contributed by atoms with Crippen molar-refractivity contribution in [3.05, 3.63) is 83.9 Å². The maximum Gasteiger partial charge on any atom is 0.250 e. The van der Waals surface area contributed by atoms with Crippen LogP contribution in [0.5, 0.6) is 11.5 Å². The van der Waals surface area contributed by atoms with E-state index in [1.165, 1.54) is 11.8 Å². The molecule has 3 aromatic carbocycles. The number of aryl methyl sites for hydroxylation is 1. The summed E-state index contributed by atoms with van der Waals surface area (Å²) in [6, 6.07) is 23.1. The van der Waals surface area contributed by atoms with E-state index in [1.54, 1.807) is 20.4 Å². The lowest BCUT2D eigenvalue weighted by Gasteiger charge is -2.11. The Morgan fingerprint density at radius 2 is 1.74 bits per heavy atom. The van der Waals surface area contributed by atoms with Crippen molar-refractivity contribution in [2.75, 3.05) is 20.0 Å². The third-order valence-electron chi connectivity index (χ3n) is 5.10. The molecular formula is C26H25N5O3S. The molecule has 8 nitrogen and oxygen atoms in total. The summed E-state index contributed by atoms with van der Waals surface area (Å²) in [5.41, 5.74) is 6.32. The number of amides is 1. The number of ether oxygens (including phenoxy) is 2. The van der Waals surface area contributed by atoms with Crippen LogP contribution in [0, 0.1) is 6.92 Å². The molecule has 1 heterocycles. The van der Waals surface area contributed by atoms with Gasteiger partial charge in [-0.2, -0.15) is 5.10 Å². The predicted molar refractivity (Wildman–Crippen MR) is 138 cm³/mol. The second-order valence-electron chi connectivity index (χ2n) is 7.56. The van der Waals surface area contributed by atoms with E-state index in [-0.39, 0.29) is 11.7 Å². The molecule has 0 aliphatic carbocycles. The summed E-state index contributed by atoms with van der Waals surface area (Å²) in [6.07, 6.45) is 1.57. The fraction of sp³-hybridized carbons (Fsp3) is 0.154. The van der Waals surface area contributed by atoms with Crippen molar-refractivity contribution in [2.45, 2.75) is 12.1 Å². The lowest BCUT2D eigenvalue weighted by Crippen LogP contribution is -2.20. The van der Waals surface area contributed by atoms with Crippen molar-refractivity contribution in [1.82, 2.24) is 20.2 Å². The van der Waals surface area contributed by atoms with Gasteiger partial charge in [0.1, 0.15) is 11.5 Å². The number of carbonyl (C=O) groups excluding carboxylic acids is 1. The minimum Gasteiger partial charge on any atom is -0.497 e. The number of aromatic nitrogens is 3. The first kappa shape index (κ1) is 24.0. The molecule has 0 aliphatic heterocycles. The molecule has 0 atom stereocenters. The largest absolute Gasteiger partial charge is 0.497 e. The number of nitrogens with one attached hydrogen (secondary N) is 1. The molecule has 1 N–H and O–H groups in total. The van der Waals surface area contributed by atoms with Crippen molar-refractivity contribution in [2.24, 2.45) is 5.10 Å². The maximum atomic E-state index is 12.4. The van der Waals surface area contributed by atoms with Crippen LogP contribution in [0.3, 0.4) is 0 Å². The number of carbonyl (C=O) groups is 1. The molecule has 9 heteroatoms. The van der Waals surface area contributed by atoms with Gasteiger partial charge in [0.2, 0.25) is 0 Å². The summed E-state index contributed by atoms with van der Waals surface area (Å²) in [4.78, 5) is 12.4. The third-order valence-corrected chi connectivity index (χ3v) is 6.03. The summed E-state index contributed by atoms with van der Waals surface area (Å²) in [5.74, 6) is 2.03. The fourth-order valence-electron chi connectivity index (χ4n) is 3.28. The van der Waals surface area contributed by atoms with Gasteiger partial charge in [-0.1, -0.05) is 41.6 Å². The molecular weight excluding hydrogens is 462 g/mol. The van der Waals surface area contributed by atoms with Crippen LogP contribution in [0.15, 0.2) is 83.1 Å². The monoisotopic (exact) mass is 487 g/mol. The Morgan fingerprint density at radius 1 is 1.00 bits per heavy atom. The summed E-state index contributed by atoms with van der Waals surface area (Å²) < 4.78 is 12.4. The molecule has 0 fully saturated rings. The molecule has 178 valence electrons. The van der Waals surface area contributed by atoms with Crippen LogP contribution in [0.25, 0.3) is 17.1 Å². The molecule has 0 unspecified atom stereocenters. The first-order chi connectivity index (χ1) is 17.1. The second-order valence-corrected chi connectivity index (χ2v) is 8.51. The van der Waals surface area contributed by atoms with Gasteiger partial charge in [-0.05, 0) is 61.0 Å². The van der Waals surface area contributed by atoms with Gasteiger partial charge < -0.3 is 9.47 Å². The molecule has 0 aliphatic rings. The average Bonchev–Trinajstić information content (AvgIpc) is 3.32. The highest BCUT2D eigenvalue weighted by atomic mass is 32.2. The summed E-state index contributed by atoms with van der Waals surface area (Å²) >= 11 is 1.29. The van der Waals surface area contributed by atoms with E-state index in [0.29, 0.717) is 11.0 Å². The average molecular weight is 488 g/mol. The zero-order valence-electron chi connectivity index (χ0n) is 19.6. The van der Waals surface area contributed by atoms with E-state index in [9.17, 15) is 4.79 Å². The van der Waals surface area contributed by atoms with Crippen LogP contribution >= 0.6 is 11.8 Å². The third kappa shape index (κ3) is 6.07. The maximum absolute atomic E-state index is 12.4. The highest BCUT2D eigenvalue weighted by molar-refractivity contribution is 7.99. The fourth-order valence-corrected chi connectivity index (χ4v) is 4.02. The van der Waals surface area contributed by atoms with Gasteiger partial charge in [0.05, 0.1) is 26.2 Å². The van der Waals surface area contributed by atoms with Crippen LogP contribution in [0.4, 0.5) is 0 Å². The first-order valence-corrected chi connectivity index (χ1v) is 11.8. The Morgan fingerprint density at radius 3 is 2.46 bits per heavy atom. The number of methoxy groups -OCH3 is 2. The molecule has 35 heavy (non-hydrogen) atoms. The van der Waals surface area contributed by atoms with Gasteiger partial charge in [0, 0.05) is 11.3 Å². The van der Waals surface area contributed by atoms with Crippen LogP contribution in [0.1, 0.15) is 11.1 Å².